The fourth-order valence-electron chi connectivity index (χ4n) is 2.05. The summed E-state index contributed by atoms with van der Waals surface area (Å²) in [5.74, 6) is 0. The van der Waals surface area contributed by atoms with Crippen LogP contribution in [0.5, 0.6) is 0 Å². The summed E-state index contributed by atoms with van der Waals surface area (Å²) in [5.41, 5.74) is 1.49. The standard InChI is InChI=1S/C16H18ClNO3S/c1-16(2,3)13-9-7-12(8-10-13)15(17)22(20,21)14-6-4-5-11-18(14)19/h4-11,15H,1-3H3. The first-order valence-corrected chi connectivity index (χ1v) is 8.79. The van der Waals surface area contributed by atoms with Gasteiger partial charge in [0.2, 0.25) is 0 Å². The van der Waals surface area contributed by atoms with Gasteiger partial charge in [-0.1, -0.05) is 56.6 Å². The smallest absolute Gasteiger partial charge is 0.310 e. The summed E-state index contributed by atoms with van der Waals surface area (Å²) in [6.45, 7) is 6.21. The van der Waals surface area contributed by atoms with Crippen molar-refractivity contribution >= 4 is 21.4 Å². The second-order valence-electron chi connectivity index (χ2n) is 6.10. The van der Waals surface area contributed by atoms with E-state index in [-0.39, 0.29) is 10.4 Å². The predicted octanol–water partition coefficient (Wildman–Crippen LogP) is 3.33. The van der Waals surface area contributed by atoms with E-state index in [2.05, 4.69) is 20.8 Å². The van der Waals surface area contributed by atoms with Gasteiger partial charge >= 0.3 is 5.03 Å². The maximum atomic E-state index is 12.5. The lowest BCUT2D eigenvalue weighted by molar-refractivity contribution is -0.646. The molecule has 1 aromatic heterocycles. The van der Waals surface area contributed by atoms with Gasteiger partial charge in [-0.3, -0.25) is 0 Å². The average molecular weight is 340 g/mol. The monoisotopic (exact) mass is 339 g/mol. The van der Waals surface area contributed by atoms with Crippen LogP contribution in [0.2, 0.25) is 0 Å². The lowest BCUT2D eigenvalue weighted by atomic mass is 9.87. The number of nitrogens with zero attached hydrogens (tertiary/aromatic N) is 1. The van der Waals surface area contributed by atoms with E-state index in [9.17, 15) is 13.6 Å². The fourth-order valence-corrected chi connectivity index (χ4v) is 3.78. The number of benzene rings is 1. The number of hydrogen-bond donors (Lipinski definition) is 0. The molecule has 22 heavy (non-hydrogen) atoms. The molecule has 1 heterocycles. The summed E-state index contributed by atoms with van der Waals surface area (Å²) < 4.78 is 24.0. The second kappa shape index (κ2) is 5.89. The SMILES string of the molecule is CC(C)(C)c1ccc(C(Cl)S(=O)(=O)c2cccc[n+]2[O-])cc1. The van der Waals surface area contributed by atoms with Crippen molar-refractivity contribution in [2.24, 2.45) is 0 Å². The Balaban J connectivity index is 2.39. The number of hydrogen-bond acceptors (Lipinski definition) is 3. The number of sulfone groups is 1. The summed E-state index contributed by atoms with van der Waals surface area (Å²) in [7, 11) is -3.96. The molecule has 0 aliphatic rings. The molecule has 118 valence electrons. The molecule has 0 aliphatic carbocycles. The summed E-state index contributed by atoms with van der Waals surface area (Å²) in [6, 6.07) is 11.3. The van der Waals surface area contributed by atoms with E-state index in [1.165, 1.54) is 18.2 Å². The van der Waals surface area contributed by atoms with Crippen LogP contribution in [0.4, 0.5) is 0 Å². The van der Waals surface area contributed by atoms with Crippen molar-refractivity contribution < 1.29 is 13.1 Å². The van der Waals surface area contributed by atoms with E-state index >= 15 is 0 Å². The Morgan fingerprint density at radius 2 is 1.68 bits per heavy atom. The minimum absolute atomic E-state index is 0.0311. The van der Waals surface area contributed by atoms with Gasteiger partial charge in [0, 0.05) is 12.1 Å². The number of halogens is 1. The van der Waals surface area contributed by atoms with Gasteiger partial charge in [0.15, 0.2) is 10.9 Å². The van der Waals surface area contributed by atoms with Gasteiger partial charge in [-0.05, 0) is 22.6 Å². The maximum Gasteiger partial charge on any atom is 0.310 e. The Kier molecular flexibility index (Phi) is 4.49. The van der Waals surface area contributed by atoms with E-state index in [4.69, 9.17) is 11.6 Å². The average Bonchev–Trinajstić information content (AvgIpc) is 2.46. The molecular weight excluding hydrogens is 322 g/mol. The summed E-state index contributed by atoms with van der Waals surface area (Å²) in [6.07, 6.45) is 1.14. The van der Waals surface area contributed by atoms with Gasteiger partial charge in [-0.15, -0.1) is 0 Å². The minimum atomic E-state index is -3.96. The lowest BCUT2D eigenvalue weighted by Gasteiger charge is -2.19. The highest BCUT2D eigenvalue weighted by atomic mass is 35.5. The molecule has 1 aromatic carbocycles. The molecule has 2 rings (SSSR count). The molecule has 0 spiro atoms. The first-order valence-electron chi connectivity index (χ1n) is 6.80. The number of alkyl halides is 1. The Bertz CT molecular complexity index is 765. The zero-order valence-electron chi connectivity index (χ0n) is 12.7. The lowest BCUT2D eigenvalue weighted by Crippen LogP contribution is -2.34. The van der Waals surface area contributed by atoms with Crippen molar-refractivity contribution in [3.05, 3.63) is 65.0 Å². The van der Waals surface area contributed by atoms with Crippen molar-refractivity contribution in [3.63, 3.8) is 0 Å². The summed E-state index contributed by atoms with van der Waals surface area (Å²) in [4.78, 5) is 0. The molecule has 0 aliphatic heterocycles. The molecule has 1 atom stereocenters. The third-order valence-corrected chi connectivity index (χ3v) is 6.06. The molecule has 1 unspecified atom stereocenters. The van der Waals surface area contributed by atoms with Crippen LogP contribution in [0.1, 0.15) is 36.6 Å². The summed E-state index contributed by atoms with van der Waals surface area (Å²) in [5, 5.41) is 11.3. The highest BCUT2D eigenvalue weighted by Gasteiger charge is 2.33. The number of aromatic nitrogens is 1. The van der Waals surface area contributed by atoms with Gasteiger partial charge in [0.25, 0.3) is 9.84 Å². The van der Waals surface area contributed by atoms with Gasteiger partial charge in [0.05, 0.1) is 0 Å². The Morgan fingerprint density at radius 3 is 2.18 bits per heavy atom. The number of rotatable bonds is 3. The molecule has 0 amide bonds. The minimum Gasteiger partial charge on any atom is -0.618 e. The molecule has 0 bridgehead atoms. The molecule has 0 N–H and O–H groups in total. The Labute approximate surface area is 135 Å². The Hall–Kier alpha value is -1.59. The van der Waals surface area contributed by atoms with Crippen LogP contribution in [-0.2, 0) is 15.3 Å². The second-order valence-corrected chi connectivity index (χ2v) is 8.77. The zero-order valence-corrected chi connectivity index (χ0v) is 14.2. The molecular formula is C16H18ClNO3S. The van der Waals surface area contributed by atoms with Crippen molar-refractivity contribution in [1.82, 2.24) is 0 Å². The van der Waals surface area contributed by atoms with Crippen molar-refractivity contribution in [3.8, 4) is 0 Å². The molecule has 0 fully saturated rings. The van der Waals surface area contributed by atoms with Crippen LogP contribution in [0.3, 0.4) is 0 Å². The highest BCUT2D eigenvalue weighted by Crippen LogP contribution is 2.32. The largest absolute Gasteiger partial charge is 0.618 e. The van der Waals surface area contributed by atoms with E-state index in [0.717, 1.165) is 11.8 Å². The number of pyridine rings is 1. The maximum absolute atomic E-state index is 12.5. The topological polar surface area (TPSA) is 61.1 Å². The first kappa shape index (κ1) is 16.8. The molecule has 0 radical (unpaired) electrons. The Morgan fingerprint density at radius 1 is 1.09 bits per heavy atom. The zero-order chi connectivity index (χ0) is 16.5. The molecule has 0 saturated heterocycles. The third-order valence-electron chi connectivity index (χ3n) is 3.39. The highest BCUT2D eigenvalue weighted by molar-refractivity contribution is 7.92. The summed E-state index contributed by atoms with van der Waals surface area (Å²) >= 11 is 6.13. The fraction of sp³-hybridized carbons (Fsp3) is 0.312. The van der Waals surface area contributed by atoms with Crippen molar-refractivity contribution in [2.45, 2.75) is 35.9 Å². The van der Waals surface area contributed by atoms with E-state index in [1.807, 2.05) is 12.1 Å². The van der Waals surface area contributed by atoms with E-state index in [0.29, 0.717) is 10.3 Å². The third kappa shape index (κ3) is 3.25. The van der Waals surface area contributed by atoms with Crippen molar-refractivity contribution in [2.75, 3.05) is 0 Å². The quantitative estimate of drug-likeness (QED) is 0.489. The van der Waals surface area contributed by atoms with Crippen molar-refractivity contribution in [1.29, 1.82) is 0 Å². The van der Waals surface area contributed by atoms with Crippen LogP contribution in [0.15, 0.2) is 53.7 Å². The van der Waals surface area contributed by atoms with Crippen LogP contribution in [-0.4, -0.2) is 8.42 Å². The first-order chi connectivity index (χ1) is 10.1. The van der Waals surface area contributed by atoms with Gasteiger partial charge in [-0.2, -0.15) is 4.73 Å². The van der Waals surface area contributed by atoms with Crippen LogP contribution in [0, 0.1) is 5.21 Å². The molecule has 2 aromatic rings. The van der Waals surface area contributed by atoms with Gasteiger partial charge in [-0.25, -0.2) is 8.42 Å². The molecule has 4 nitrogen and oxygen atoms in total. The van der Waals surface area contributed by atoms with Crippen LogP contribution < -0.4 is 4.73 Å². The predicted molar refractivity (Wildman–Crippen MR) is 86.3 cm³/mol. The van der Waals surface area contributed by atoms with Crippen LogP contribution >= 0.6 is 11.6 Å². The molecule has 6 heteroatoms. The van der Waals surface area contributed by atoms with E-state index in [1.54, 1.807) is 12.1 Å². The normalized spacial score (nSPS) is 13.8. The van der Waals surface area contributed by atoms with Crippen LogP contribution in [0.25, 0.3) is 0 Å². The van der Waals surface area contributed by atoms with E-state index < -0.39 is 14.5 Å². The van der Waals surface area contributed by atoms with Gasteiger partial charge < -0.3 is 5.21 Å². The van der Waals surface area contributed by atoms with Gasteiger partial charge in [0.1, 0.15) is 0 Å². The molecule has 0 saturated carbocycles.